The molecule has 0 aliphatic rings. The van der Waals surface area contributed by atoms with Crippen molar-refractivity contribution in [3.63, 3.8) is 0 Å². The smallest absolute Gasteiger partial charge is 0.330 e. The van der Waals surface area contributed by atoms with Crippen LogP contribution in [0.3, 0.4) is 0 Å². The molecule has 174 valence electrons. The van der Waals surface area contributed by atoms with Crippen LogP contribution in [0.5, 0.6) is 0 Å². The number of hydrogen-bond acceptors (Lipinski definition) is 5. The number of aliphatic hydroxyl groups is 1. The summed E-state index contributed by atoms with van der Waals surface area (Å²) < 4.78 is 11.6. The molecule has 0 radical (unpaired) electrons. The Labute approximate surface area is 189 Å². The lowest BCUT2D eigenvalue weighted by Crippen LogP contribution is -2.45. The van der Waals surface area contributed by atoms with Gasteiger partial charge in [0.1, 0.15) is 0 Å². The maximum atomic E-state index is 12.0. The van der Waals surface area contributed by atoms with Crippen LogP contribution in [0.4, 0.5) is 0 Å². The van der Waals surface area contributed by atoms with Crippen molar-refractivity contribution in [2.24, 2.45) is 0 Å². The third kappa shape index (κ3) is 9.95. The van der Waals surface area contributed by atoms with E-state index >= 15 is 0 Å². The van der Waals surface area contributed by atoms with Gasteiger partial charge in [-0.1, -0.05) is 68.8 Å². The van der Waals surface area contributed by atoms with E-state index in [1.807, 2.05) is 37.3 Å². The highest BCUT2D eigenvalue weighted by molar-refractivity contribution is 6.74. The van der Waals surface area contributed by atoms with Gasteiger partial charge in [-0.15, -0.1) is 0 Å². The Bertz CT molecular complexity index is 723. The van der Waals surface area contributed by atoms with Crippen molar-refractivity contribution >= 4 is 14.3 Å². The van der Waals surface area contributed by atoms with E-state index in [0.29, 0.717) is 26.3 Å². The molecule has 1 N–H and O–H groups in total. The molecule has 0 aromatic heterocycles. The van der Waals surface area contributed by atoms with Crippen LogP contribution in [-0.2, 0) is 20.5 Å². The van der Waals surface area contributed by atoms with Crippen molar-refractivity contribution in [1.82, 2.24) is 4.90 Å². The number of hydrogen-bond donors (Lipinski definition) is 1. The molecule has 31 heavy (non-hydrogen) atoms. The van der Waals surface area contributed by atoms with Gasteiger partial charge in [0.25, 0.3) is 0 Å². The van der Waals surface area contributed by atoms with E-state index in [4.69, 9.17) is 9.16 Å². The minimum Gasteiger partial charge on any atom is -0.463 e. The number of carbonyl (C=O) groups is 1. The number of carbonyl (C=O) groups excluding carboxylic acids is 1. The second kappa shape index (κ2) is 13.0. The van der Waals surface area contributed by atoms with Gasteiger partial charge in [0.2, 0.25) is 0 Å². The molecular weight excluding hydrogens is 406 g/mol. The number of benzene rings is 1. The van der Waals surface area contributed by atoms with Crippen LogP contribution < -0.4 is 0 Å². The second-order valence-electron chi connectivity index (χ2n) is 9.37. The summed E-state index contributed by atoms with van der Waals surface area (Å²) in [5.41, 5.74) is 2.09. The first kappa shape index (κ1) is 27.3. The molecule has 0 saturated carbocycles. The Morgan fingerprint density at radius 2 is 1.87 bits per heavy atom. The van der Waals surface area contributed by atoms with E-state index in [0.717, 1.165) is 5.57 Å². The maximum absolute atomic E-state index is 12.0. The molecule has 1 atom stereocenters. The SMILES string of the molecule is CCOC(=O)/C=C/C(CO[Si](C)(C)C(C)(C)C)N(C/C=C(\C)CO)Cc1ccccc1. The van der Waals surface area contributed by atoms with Crippen LogP contribution in [0.15, 0.2) is 54.1 Å². The Hall–Kier alpha value is -1.73. The number of ether oxygens (including phenoxy) is 1. The zero-order valence-electron chi connectivity index (χ0n) is 20.4. The quantitative estimate of drug-likeness (QED) is 0.213. The molecule has 5 nitrogen and oxygen atoms in total. The first-order valence-corrected chi connectivity index (χ1v) is 13.9. The fourth-order valence-electron chi connectivity index (χ4n) is 2.65. The molecule has 0 saturated heterocycles. The van der Waals surface area contributed by atoms with E-state index < -0.39 is 8.32 Å². The predicted molar refractivity (Wildman–Crippen MR) is 130 cm³/mol. The van der Waals surface area contributed by atoms with Crippen LogP contribution in [0.25, 0.3) is 0 Å². The summed E-state index contributed by atoms with van der Waals surface area (Å²) in [5, 5.41) is 9.53. The monoisotopic (exact) mass is 447 g/mol. The van der Waals surface area contributed by atoms with E-state index in [2.05, 4.69) is 50.9 Å². The van der Waals surface area contributed by atoms with Crippen LogP contribution in [-0.4, -0.2) is 56.7 Å². The fourth-order valence-corrected chi connectivity index (χ4v) is 3.67. The summed E-state index contributed by atoms with van der Waals surface area (Å²) in [7, 11) is -1.96. The summed E-state index contributed by atoms with van der Waals surface area (Å²) in [6, 6.07) is 10.1. The molecule has 1 aromatic carbocycles. The lowest BCUT2D eigenvalue weighted by Gasteiger charge is -2.38. The Balaban J connectivity index is 3.18. The first-order chi connectivity index (χ1) is 14.5. The zero-order valence-corrected chi connectivity index (χ0v) is 21.4. The van der Waals surface area contributed by atoms with Gasteiger partial charge in [-0.2, -0.15) is 0 Å². The maximum Gasteiger partial charge on any atom is 0.330 e. The number of nitrogens with zero attached hydrogens (tertiary/aromatic N) is 1. The third-order valence-corrected chi connectivity index (χ3v) is 10.3. The third-order valence-electron chi connectivity index (χ3n) is 5.78. The normalized spacial score (nSPS) is 14.3. The average Bonchev–Trinajstić information content (AvgIpc) is 2.71. The van der Waals surface area contributed by atoms with Gasteiger partial charge < -0.3 is 14.3 Å². The van der Waals surface area contributed by atoms with Gasteiger partial charge in [0, 0.05) is 19.2 Å². The van der Waals surface area contributed by atoms with Gasteiger partial charge >= 0.3 is 5.97 Å². The summed E-state index contributed by atoms with van der Waals surface area (Å²) in [4.78, 5) is 14.3. The van der Waals surface area contributed by atoms with Crippen LogP contribution in [0.1, 0.15) is 40.2 Å². The highest BCUT2D eigenvalue weighted by Crippen LogP contribution is 2.36. The number of aliphatic hydroxyl groups excluding tert-OH is 1. The molecule has 0 aliphatic carbocycles. The topological polar surface area (TPSA) is 59.0 Å². The molecular formula is C25H41NO4Si. The van der Waals surface area contributed by atoms with Crippen molar-refractivity contribution in [1.29, 1.82) is 0 Å². The second-order valence-corrected chi connectivity index (χ2v) is 14.2. The molecule has 6 heteroatoms. The molecule has 0 spiro atoms. The molecule has 1 rings (SSSR count). The molecule has 0 fully saturated rings. The number of rotatable bonds is 12. The van der Waals surface area contributed by atoms with Crippen molar-refractivity contribution in [2.45, 2.75) is 65.3 Å². The fraction of sp³-hybridized carbons (Fsp3) is 0.560. The van der Waals surface area contributed by atoms with E-state index in [-0.39, 0.29) is 23.7 Å². The Morgan fingerprint density at radius 1 is 1.23 bits per heavy atom. The predicted octanol–water partition coefficient (Wildman–Crippen LogP) is 4.94. The Kier molecular flexibility index (Phi) is 11.4. The van der Waals surface area contributed by atoms with E-state index in [9.17, 15) is 9.90 Å². The van der Waals surface area contributed by atoms with Gasteiger partial charge in [-0.3, -0.25) is 4.90 Å². The number of esters is 1. The average molecular weight is 448 g/mol. The van der Waals surface area contributed by atoms with Crippen molar-refractivity contribution < 1.29 is 19.1 Å². The van der Waals surface area contributed by atoms with Gasteiger partial charge in [0.05, 0.1) is 25.9 Å². The molecule has 1 aromatic rings. The van der Waals surface area contributed by atoms with Crippen LogP contribution in [0, 0.1) is 0 Å². The summed E-state index contributed by atoms with van der Waals surface area (Å²) in [6.45, 7) is 17.0. The summed E-state index contributed by atoms with van der Waals surface area (Å²) >= 11 is 0. The largest absolute Gasteiger partial charge is 0.463 e. The highest BCUT2D eigenvalue weighted by Gasteiger charge is 2.37. The van der Waals surface area contributed by atoms with Crippen molar-refractivity contribution in [2.75, 3.05) is 26.4 Å². The zero-order chi connectivity index (χ0) is 23.5. The Morgan fingerprint density at radius 3 is 2.42 bits per heavy atom. The van der Waals surface area contributed by atoms with Crippen molar-refractivity contribution in [3.8, 4) is 0 Å². The molecule has 0 bridgehead atoms. The molecule has 0 aliphatic heterocycles. The van der Waals surface area contributed by atoms with Gasteiger partial charge in [0.15, 0.2) is 8.32 Å². The van der Waals surface area contributed by atoms with E-state index in [1.165, 1.54) is 11.6 Å². The lowest BCUT2D eigenvalue weighted by molar-refractivity contribution is -0.137. The van der Waals surface area contributed by atoms with Crippen LogP contribution in [0.2, 0.25) is 18.1 Å². The molecule has 0 heterocycles. The minimum atomic E-state index is -1.96. The summed E-state index contributed by atoms with van der Waals surface area (Å²) in [5.74, 6) is -0.346. The standard InChI is InChI=1S/C25H41NO4Si/c1-8-29-24(28)15-14-23(20-30-31(6,7)25(3,4)5)26(17-16-21(2)19-27)18-22-12-10-9-11-13-22/h9-16,23,27H,8,17-20H2,1-7H3/b15-14+,21-16+. The summed E-state index contributed by atoms with van der Waals surface area (Å²) in [6.07, 6.45) is 5.42. The van der Waals surface area contributed by atoms with Crippen LogP contribution >= 0.6 is 0 Å². The highest BCUT2D eigenvalue weighted by atomic mass is 28.4. The first-order valence-electron chi connectivity index (χ1n) is 11.0. The van der Waals surface area contributed by atoms with Gasteiger partial charge in [-0.05, 0) is 37.5 Å². The molecule has 1 unspecified atom stereocenters. The minimum absolute atomic E-state index is 0.0307. The lowest BCUT2D eigenvalue weighted by atomic mass is 10.1. The van der Waals surface area contributed by atoms with Gasteiger partial charge in [-0.25, -0.2) is 4.79 Å². The van der Waals surface area contributed by atoms with Crippen molar-refractivity contribution in [3.05, 3.63) is 59.7 Å². The van der Waals surface area contributed by atoms with E-state index in [1.54, 1.807) is 6.92 Å². The molecule has 0 amide bonds.